The smallest absolute Gasteiger partial charge is 0.262 e. The minimum absolute atomic E-state index is 0.0624. The number of sulfonamides is 1. The Hall–Kier alpha value is -1.94. The van der Waals surface area contributed by atoms with Crippen LogP contribution in [0.25, 0.3) is 0 Å². The van der Waals surface area contributed by atoms with Crippen LogP contribution in [0.3, 0.4) is 0 Å². The summed E-state index contributed by atoms with van der Waals surface area (Å²) in [5.41, 5.74) is 0.566. The number of aryl methyl sites for hydroxylation is 2. The van der Waals surface area contributed by atoms with Gasteiger partial charge in [-0.25, -0.2) is 13.4 Å². The van der Waals surface area contributed by atoms with Gasteiger partial charge >= 0.3 is 0 Å². The van der Waals surface area contributed by atoms with E-state index in [1.54, 1.807) is 42.8 Å². The molecule has 1 aromatic carbocycles. The molecule has 0 unspecified atom stereocenters. The number of hydrogen-bond donors (Lipinski definition) is 1. The highest BCUT2D eigenvalue weighted by molar-refractivity contribution is 7.89. The average Bonchev–Trinajstić information content (AvgIpc) is 2.97. The SMILES string of the molecule is Cc1nc(S(=O)(=O)N2CCN(CC(=O)Nc3ccccc3Cl)CC2)cn1C. The summed E-state index contributed by atoms with van der Waals surface area (Å²) in [7, 11) is -1.85. The summed E-state index contributed by atoms with van der Waals surface area (Å²) in [6.07, 6.45) is 1.52. The van der Waals surface area contributed by atoms with Crippen molar-refractivity contribution in [1.82, 2.24) is 18.8 Å². The van der Waals surface area contributed by atoms with Gasteiger partial charge in [0.2, 0.25) is 5.91 Å². The molecule has 1 aliphatic rings. The second-order valence-electron chi connectivity index (χ2n) is 6.45. The lowest BCUT2D eigenvalue weighted by Crippen LogP contribution is -2.50. The predicted molar refractivity (Wildman–Crippen MR) is 103 cm³/mol. The van der Waals surface area contributed by atoms with Crippen molar-refractivity contribution in [2.24, 2.45) is 7.05 Å². The summed E-state index contributed by atoms with van der Waals surface area (Å²) in [5.74, 6) is 0.461. The topological polar surface area (TPSA) is 87.5 Å². The van der Waals surface area contributed by atoms with E-state index in [2.05, 4.69) is 10.3 Å². The van der Waals surface area contributed by atoms with Gasteiger partial charge in [0.25, 0.3) is 10.0 Å². The summed E-state index contributed by atoms with van der Waals surface area (Å²) in [6.45, 7) is 3.52. The van der Waals surface area contributed by atoms with Crippen molar-refractivity contribution in [2.45, 2.75) is 11.9 Å². The number of carbonyl (C=O) groups excluding carboxylic acids is 1. The summed E-state index contributed by atoms with van der Waals surface area (Å²) in [5, 5.41) is 3.32. The first-order valence-electron chi connectivity index (χ1n) is 8.54. The number of nitrogens with one attached hydrogen (secondary N) is 1. The molecule has 0 aliphatic carbocycles. The third-order valence-corrected chi connectivity index (χ3v) is 6.64. The van der Waals surface area contributed by atoms with Crippen LogP contribution in [0.1, 0.15) is 5.82 Å². The first-order valence-corrected chi connectivity index (χ1v) is 10.4. The molecule has 2 heterocycles. The summed E-state index contributed by atoms with van der Waals surface area (Å²) in [6, 6.07) is 7.03. The fourth-order valence-electron chi connectivity index (χ4n) is 2.87. The highest BCUT2D eigenvalue weighted by Crippen LogP contribution is 2.20. The second-order valence-corrected chi connectivity index (χ2v) is 8.74. The Morgan fingerprint density at radius 1 is 1.22 bits per heavy atom. The van der Waals surface area contributed by atoms with Crippen LogP contribution in [0.4, 0.5) is 5.69 Å². The lowest BCUT2D eigenvalue weighted by molar-refractivity contribution is -0.117. The minimum Gasteiger partial charge on any atom is -0.337 e. The number of rotatable bonds is 5. The number of carbonyl (C=O) groups is 1. The molecule has 1 N–H and O–H groups in total. The number of hydrogen-bond acceptors (Lipinski definition) is 5. The van der Waals surface area contributed by atoms with Gasteiger partial charge in [-0.3, -0.25) is 9.69 Å². The molecule has 1 fully saturated rings. The molecule has 3 rings (SSSR count). The molecular formula is C17H22ClN5O3S. The van der Waals surface area contributed by atoms with Gasteiger partial charge in [0.1, 0.15) is 5.82 Å². The number of para-hydroxylation sites is 1. The molecular weight excluding hydrogens is 390 g/mol. The Labute approximate surface area is 163 Å². The fraction of sp³-hybridized carbons (Fsp3) is 0.412. The molecule has 27 heavy (non-hydrogen) atoms. The van der Waals surface area contributed by atoms with E-state index in [-0.39, 0.29) is 17.5 Å². The normalized spacial score (nSPS) is 16.4. The van der Waals surface area contributed by atoms with Crippen molar-refractivity contribution in [2.75, 3.05) is 38.0 Å². The van der Waals surface area contributed by atoms with E-state index in [1.165, 1.54) is 10.5 Å². The molecule has 1 aromatic heterocycles. The highest BCUT2D eigenvalue weighted by atomic mass is 35.5. The molecule has 0 spiro atoms. The van der Waals surface area contributed by atoms with Crippen LogP contribution >= 0.6 is 11.6 Å². The van der Waals surface area contributed by atoms with Crippen LogP contribution in [0.2, 0.25) is 5.02 Å². The van der Waals surface area contributed by atoms with Crippen molar-refractivity contribution in [1.29, 1.82) is 0 Å². The van der Waals surface area contributed by atoms with Gasteiger partial charge < -0.3 is 9.88 Å². The number of nitrogens with zero attached hydrogens (tertiary/aromatic N) is 4. The Balaban J connectivity index is 1.55. The molecule has 8 nitrogen and oxygen atoms in total. The maximum absolute atomic E-state index is 12.7. The van der Waals surface area contributed by atoms with Crippen LogP contribution < -0.4 is 5.32 Å². The Morgan fingerprint density at radius 2 is 1.89 bits per heavy atom. The van der Waals surface area contributed by atoms with Crippen LogP contribution in [-0.4, -0.2) is 65.8 Å². The van der Waals surface area contributed by atoms with Crippen molar-refractivity contribution in [3.8, 4) is 0 Å². The third-order valence-electron chi connectivity index (χ3n) is 4.54. The molecule has 0 radical (unpaired) electrons. The van der Waals surface area contributed by atoms with Crippen LogP contribution in [0.5, 0.6) is 0 Å². The quantitative estimate of drug-likeness (QED) is 0.801. The number of halogens is 1. The maximum Gasteiger partial charge on any atom is 0.262 e. The van der Waals surface area contributed by atoms with Gasteiger partial charge in [0, 0.05) is 39.4 Å². The van der Waals surface area contributed by atoms with Crippen molar-refractivity contribution >= 4 is 33.2 Å². The zero-order chi connectivity index (χ0) is 19.6. The summed E-state index contributed by atoms with van der Waals surface area (Å²) in [4.78, 5) is 18.3. The second kappa shape index (κ2) is 7.97. The van der Waals surface area contributed by atoms with Gasteiger partial charge in [-0.1, -0.05) is 23.7 Å². The van der Waals surface area contributed by atoms with Gasteiger partial charge in [-0.2, -0.15) is 4.31 Å². The van der Waals surface area contributed by atoms with Crippen molar-refractivity contribution < 1.29 is 13.2 Å². The molecule has 0 saturated carbocycles. The maximum atomic E-state index is 12.7. The van der Waals surface area contributed by atoms with E-state index < -0.39 is 10.0 Å². The van der Waals surface area contributed by atoms with E-state index in [4.69, 9.17) is 11.6 Å². The van der Waals surface area contributed by atoms with E-state index in [0.717, 1.165) is 0 Å². The van der Waals surface area contributed by atoms with Crippen molar-refractivity contribution in [3.05, 3.63) is 41.3 Å². The highest BCUT2D eigenvalue weighted by Gasteiger charge is 2.31. The van der Waals surface area contributed by atoms with E-state index in [0.29, 0.717) is 42.7 Å². The van der Waals surface area contributed by atoms with Gasteiger partial charge in [-0.05, 0) is 19.1 Å². The van der Waals surface area contributed by atoms with Crippen LogP contribution in [0, 0.1) is 6.92 Å². The largest absolute Gasteiger partial charge is 0.337 e. The minimum atomic E-state index is -3.61. The first kappa shape index (κ1) is 19.8. The number of piperazine rings is 1. The lowest BCUT2D eigenvalue weighted by atomic mass is 10.3. The zero-order valence-corrected chi connectivity index (χ0v) is 16.8. The molecule has 10 heteroatoms. The molecule has 0 atom stereocenters. The predicted octanol–water partition coefficient (Wildman–Crippen LogP) is 1.33. The van der Waals surface area contributed by atoms with Gasteiger partial charge in [0.05, 0.1) is 17.3 Å². The number of benzene rings is 1. The first-order chi connectivity index (χ1) is 12.8. The van der Waals surface area contributed by atoms with E-state index in [1.807, 2.05) is 4.90 Å². The van der Waals surface area contributed by atoms with E-state index in [9.17, 15) is 13.2 Å². The molecule has 0 bridgehead atoms. The van der Waals surface area contributed by atoms with Gasteiger partial charge in [0.15, 0.2) is 5.03 Å². The Morgan fingerprint density at radius 3 is 2.48 bits per heavy atom. The van der Waals surface area contributed by atoms with Crippen LogP contribution in [-0.2, 0) is 21.9 Å². The molecule has 146 valence electrons. The molecule has 2 aromatic rings. The van der Waals surface area contributed by atoms with Crippen LogP contribution in [0.15, 0.2) is 35.5 Å². The number of imidazole rings is 1. The van der Waals surface area contributed by atoms with E-state index >= 15 is 0 Å². The molecule has 1 aliphatic heterocycles. The van der Waals surface area contributed by atoms with Crippen molar-refractivity contribution in [3.63, 3.8) is 0 Å². The fourth-order valence-corrected chi connectivity index (χ4v) is 4.50. The Kier molecular flexibility index (Phi) is 5.85. The summed E-state index contributed by atoms with van der Waals surface area (Å²) >= 11 is 6.04. The lowest BCUT2D eigenvalue weighted by Gasteiger charge is -2.33. The van der Waals surface area contributed by atoms with Gasteiger partial charge in [-0.15, -0.1) is 0 Å². The monoisotopic (exact) mass is 411 g/mol. The standard InChI is InChI=1S/C17H22ClN5O3S/c1-13-19-17(12-21(13)2)27(25,26)23-9-7-22(8-10-23)11-16(24)20-15-6-4-3-5-14(15)18/h3-6,12H,7-11H2,1-2H3,(H,20,24). The third kappa shape index (κ3) is 4.49. The average molecular weight is 412 g/mol. The molecule has 1 saturated heterocycles. The number of amides is 1. The summed E-state index contributed by atoms with van der Waals surface area (Å²) < 4.78 is 28.5. The number of aromatic nitrogens is 2. The Bertz CT molecular complexity index is 916. The molecule has 1 amide bonds. The zero-order valence-electron chi connectivity index (χ0n) is 15.2. The number of anilines is 1.